The summed E-state index contributed by atoms with van der Waals surface area (Å²) >= 11 is 5.11. The minimum Gasteiger partial charge on any atom is -0.326 e. The molecule has 0 aliphatic carbocycles. The fourth-order valence-electron chi connectivity index (χ4n) is 2.04. The molecule has 0 aliphatic rings. The molecule has 0 fully saturated rings. The molecule has 1 heterocycles. The lowest BCUT2D eigenvalue weighted by Gasteiger charge is -2.14. The van der Waals surface area contributed by atoms with Gasteiger partial charge in [0.05, 0.1) is 7.05 Å². The summed E-state index contributed by atoms with van der Waals surface area (Å²) in [7, 11) is 2.03. The first-order valence-electron chi connectivity index (χ1n) is 6.43. The van der Waals surface area contributed by atoms with E-state index in [0.29, 0.717) is 6.54 Å². The zero-order valence-corrected chi connectivity index (χ0v) is 14.0. The first kappa shape index (κ1) is 15.2. The highest BCUT2D eigenvalue weighted by Crippen LogP contribution is 2.19. The van der Waals surface area contributed by atoms with E-state index in [2.05, 4.69) is 38.1 Å². The average molecular weight is 354 g/mol. The van der Waals surface area contributed by atoms with Gasteiger partial charge in [0.1, 0.15) is 6.54 Å². The van der Waals surface area contributed by atoms with E-state index in [9.17, 15) is 4.79 Å². The van der Waals surface area contributed by atoms with E-state index < -0.39 is 0 Å². The van der Waals surface area contributed by atoms with Gasteiger partial charge in [-0.1, -0.05) is 15.9 Å². The van der Waals surface area contributed by atoms with Crippen molar-refractivity contribution < 1.29 is 9.69 Å². The van der Waals surface area contributed by atoms with Crippen LogP contribution in [0.1, 0.15) is 11.1 Å². The van der Waals surface area contributed by atoms with E-state index in [1.807, 2.05) is 32.2 Å². The van der Waals surface area contributed by atoms with E-state index in [1.54, 1.807) is 11.3 Å². The first-order valence-corrected chi connectivity index (χ1v) is 8.16. The van der Waals surface area contributed by atoms with Crippen LogP contribution in [0.4, 0.5) is 5.69 Å². The fraction of sp³-hybridized carbons (Fsp3) is 0.267. The smallest absolute Gasteiger partial charge is 0.279 e. The summed E-state index contributed by atoms with van der Waals surface area (Å²) in [6, 6.07) is 7.96. The van der Waals surface area contributed by atoms with Gasteiger partial charge in [-0.3, -0.25) is 4.79 Å². The molecule has 1 aromatic heterocycles. The third-order valence-electron chi connectivity index (χ3n) is 3.01. The van der Waals surface area contributed by atoms with Gasteiger partial charge in [0.2, 0.25) is 0 Å². The number of thiophene rings is 1. The maximum absolute atomic E-state index is 12.0. The largest absolute Gasteiger partial charge is 0.326 e. The Bertz CT molecular complexity index is 584. The molecule has 2 rings (SSSR count). The molecule has 3 nitrogen and oxygen atoms in total. The maximum atomic E-state index is 12.0. The molecule has 1 aromatic carbocycles. The van der Waals surface area contributed by atoms with Crippen LogP contribution in [-0.2, 0) is 11.3 Å². The fourth-order valence-corrected chi connectivity index (χ4v) is 3.18. The van der Waals surface area contributed by atoms with Crippen LogP contribution in [0, 0.1) is 6.92 Å². The van der Waals surface area contributed by atoms with Crippen molar-refractivity contribution >= 4 is 38.9 Å². The van der Waals surface area contributed by atoms with Crippen LogP contribution in [0.2, 0.25) is 0 Å². The number of anilines is 1. The van der Waals surface area contributed by atoms with Gasteiger partial charge in [-0.2, -0.15) is 11.3 Å². The van der Waals surface area contributed by atoms with Gasteiger partial charge in [0.15, 0.2) is 6.54 Å². The average Bonchev–Trinajstić information content (AvgIpc) is 2.85. The number of likely N-dealkylation sites (N-methyl/N-ethyl adjacent to an activating group) is 1. The number of aryl methyl sites for hydroxylation is 1. The molecule has 0 aliphatic heterocycles. The van der Waals surface area contributed by atoms with Crippen molar-refractivity contribution in [1.82, 2.24) is 0 Å². The molecule has 106 valence electrons. The summed E-state index contributed by atoms with van der Waals surface area (Å²) < 4.78 is 1.02. The van der Waals surface area contributed by atoms with Crippen LogP contribution < -0.4 is 10.2 Å². The van der Waals surface area contributed by atoms with Crippen LogP contribution in [0.25, 0.3) is 0 Å². The van der Waals surface area contributed by atoms with Gasteiger partial charge in [-0.15, -0.1) is 0 Å². The topological polar surface area (TPSA) is 33.5 Å². The van der Waals surface area contributed by atoms with Crippen LogP contribution in [0.15, 0.2) is 39.5 Å². The Balaban J connectivity index is 1.88. The number of nitrogens with one attached hydrogen (secondary N) is 2. The van der Waals surface area contributed by atoms with Crippen molar-refractivity contribution in [3.63, 3.8) is 0 Å². The number of halogens is 1. The van der Waals surface area contributed by atoms with Crippen LogP contribution in [0.5, 0.6) is 0 Å². The van der Waals surface area contributed by atoms with Gasteiger partial charge < -0.3 is 10.2 Å². The number of rotatable bonds is 5. The molecule has 0 saturated heterocycles. The Kier molecular flexibility index (Phi) is 5.34. The molecule has 0 spiro atoms. The monoisotopic (exact) mass is 353 g/mol. The highest BCUT2D eigenvalue weighted by Gasteiger charge is 2.12. The molecule has 2 N–H and O–H groups in total. The van der Waals surface area contributed by atoms with E-state index in [4.69, 9.17) is 0 Å². The zero-order chi connectivity index (χ0) is 14.5. The van der Waals surface area contributed by atoms with Gasteiger partial charge >= 0.3 is 0 Å². The van der Waals surface area contributed by atoms with Gasteiger partial charge in [0, 0.05) is 15.7 Å². The Hall–Kier alpha value is -1.17. The Morgan fingerprint density at radius 1 is 1.40 bits per heavy atom. The molecule has 1 amide bonds. The summed E-state index contributed by atoms with van der Waals surface area (Å²) in [4.78, 5) is 13.2. The van der Waals surface area contributed by atoms with Crippen LogP contribution in [0.3, 0.4) is 0 Å². The number of carbonyl (C=O) groups excluding carboxylic acids is 1. The summed E-state index contributed by atoms with van der Waals surface area (Å²) in [5.74, 6) is 0.0446. The molecule has 5 heteroatoms. The van der Waals surface area contributed by atoms with Gasteiger partial charge in [-0.25, -0.2) is 0 Å². The first-order chi connectivity index (χ1) is 9.54. The standard InChI is InChI=1S/C15H17BrN2OS/c1-11-7-13(16)3-4-14(11)17-15(19)9-18(2)8-12-5-6-20-10-12/h3-7,10H,8-9H2,1-2H3,(H,17,19)/p+1. The molecule has 20 heavy (non-hydrogen) atoms. The Morgan fingerprint density at radius 3 is 2.85 bits per heavy atom. The second kappa shape index (κ2) is 7.02. The summed E-state index contributed by atoms with van der Waals surface area (Å²) in [6.07, 6.45) is 0. The van der Waals surface area contributed by atoms with Crippen molar-refractivity contribution in [2.24, 2.45) is 0 Å². The molecular formula is C15H18BrN2OS+. The second-order valence-corrected chi connectivity index (χ2v) is 6.65. The Labute approximate surface area is 131 Å². The molecule has 0 radical (unpaired) electrons. The zero-order valence-electron chi connectivity index (χ0n) is 11.6. The van der Waals surface area contributed by atoms with E-state index >= 15 is 0 Å². The lowest BCUT2D eigenvalue weighted by atomic mass is 10.2. The Morgan fingerprint density at radius 2 is 2.20 bits per heavy atom. The maximum Gasteiger partial charge on any atom is 0.279 e. The van der Waals surface area contributed by atoms with Crippen LogP contribution >= 0.6 is 27.3 Å². The molecule has 2 aromatic rings. The van der Waals surface area contributed by atoms with Gasteiger partial charge in [-0.05, 0) is 47.5 Å². The summed E-state index contributed by atoms with van der Waals surface area (Å²) in [5.41, 5.74) is 3.21. The third kappa shape index (κ3) is 4.44. The minimum absolute atomic E-state index is 0.0446. The summed E-state index contributed by atoms with van der Waals surface area (Å²) in [5, 5.41) is 7.16. The third-order valence-corrected chi connectivity index (χ3v) is 4.24. The number of hydrogen-bond donors (Lipinski definition) is 2. The van der Waals surface area contributed by atoms with E-state index in [1.165, 1.54) is 10.5 Å². The SMILES string of the molecule is Cc1cc(Br)ccc1NC(=O)C[NH+](C)Cc1ccsc1. The number of carbonyl (C=O) groups is 1. The molecule has 1 unspecified atom stereocenters. The lowest BCUT2D eigenvalue weighted by Crippen LogP contribution is -3.08. The molecular weight excluding hydrogens is 336 g/mol. The molecule has 1 atom stereocenters. The number of hydrogen-bond acceptors (Lipinski definition) is 2. The predicted molar refractivity (Wildman–Crippen MR) is 87.3 cm³/mol. The quantitative estimate of drug-likeness (QED) is 0.850. The van der Waals surface area contributed by atoms with E-state index in [0.717, 1.165) is 22.3 Å². The number of quaternary nitrogens is 1. The number of benzene rings is 1. The normalized spacial score (nSPS) is 12.2. The highest BCUT2D eigenvalue weighted by atomic mass is 79.9. The van der Waals surface area contributed by atoms with E-state index in [-0.39, 0.29) is 5.91 Å². The van der Waals surface area contributed by atoms with Crippen molar-refractivity contribution in [3.8, 4) is 0 Å². The van der Waals surface area contributed by atoms with Crippen LogP contribution in [-0.4, -0.2) is 19.5 Å². The summed E-state index contributed by atoms with van der Waals surface area (Å²) in [6.45, 7) is 3.32. The minimum atomic E-state index is 0.0446. The van der Waals surface area contributed by atoms with Crippen molar-refractivity contribution in [1.29, 1.82) is 0 Å². The second-order valence-electron chi connectivity index (χ2n) is 4.95. The van der Waals surface area contributed by atoms with Crippen molar-refractivity contribution in [3.05, 3.63) is 50.6 Å². The highest BCUT2D eigenvalue weighted by molar-refractivity contribution is 9.10. The molecule has 0 saturated carbocycles. The predicted octanol–water partition coefficient (Wildman–Crippen LogP) is 2.47. The van der Waals surface area contributed by atoms with Crippen molar-refractivity contribution in [2.45, 2.75) is 13.5 Å². The van der Waals surface area contributed by atoms with Crippen molar-refractivity contribution in [2.75, 3.05) is 18.9 Å². The van der Waals surface area contributed by atoms with Gasteiger partial charge in [0.25, 0.3) is 5.91 Å². The number of amides is 1. The molecule has 0 bridgehead atoms. The lowest BCUT2D eigenvalue weighted by molar-refractivity contribution is -0.885.